The van der Waals surface area contributed by atoms with Crippen molar-refractivity contribution in [3.63, 3.8) is 0 Å². The van der Waals surface area contributed by atoms with Crippen LogP contribution in [0.4, 0.5) is 0 Å². The van der Waals surface area contributed by atoms with E-state index in [4.69, 9.17) is 0 Å². The minimum absolute atomic E-state index is 0.0601. The summed E-state index contributed by atoms with van der Waals surface area (Å²) in [7, 11) is 0. The van der Waals surface area contributed by atoms with Crippen LogP contribution in [0.1, 0.15) is 18.5 Å². The van der Waals surface area contributed by atoms with Crippen LogP contribution in [0.25, 0.3) is 20.7 Å². The number of carbonyl (C=O) groups excluding carboxylic acids is 1. The Morgan fingerprint density at radius 1 is 1.11 bits per heavy atom. The van der Waals surface area contributed by atoms with Crippen molar-refractivity contribution in [2.45, 2.75) is 19.5 Å². The van der Waals surface area contributed by atoms with E-state index >= 15 is 0 Å². The number of amides is 1. The van der Waals surface area contributed by atoms with Gasteiger partial charge < -0.3 is 5.32 Å². The smallest absolute Gasteiger partial charge is 0.262 e. The van der Waals surface area contributed by atoms with Crippen LogP contribution in [-0.4, -0.2) is 15.5 Å². The maximum Gasteiger partial charge on any atom is 0.262 e. The number of thiophene rings is 1. The molecular formula is C22H19N3O2S. The van der Waals surface area contributed by atoms with Crippen molar-refractivity contribution in [1.82, 2.24) is 14.9 Å². The topological polar surface area (TPSA) is 64.0 Å². The zero-order valence-corrected chi connectivity index (χ0v) is 16.1. The largest absolute Gasteiger partial charge is 0.348 e. The highest BCUT2D eigenvalue weighted by Gasteiger charge is 2.14. The summed E-state index contributed by atoms with van der Waals surface area (Å²) in [5.74, 6) is -0.224. The van der Waals surface area contributed by atoms with Gasteiger partial charge in [-0.2, -0.15) is 0 Å². The second kappa shape index (κ2) is 7.78. The Morgan fingerprint density at radius 2 is 1.79 bits per heavy atom. The van der Waals surface area contributed by atoms with E-state index in [9.17, 15) is 9.59 Å². The number of nitrogens with one attached hydrogen (secondary N) is 1. The highest BCUT2D eigenvalue weighted by Crippen LogP contribution is 2.30. The van der Waals surface area contributed by atoms with E-state index in [1.807, 2.05) is 73.7 Å². The second-order valence-corrected chi connectivity index (χ2v) is 7.60. The first-order chi connectivity index (χ1) is 13.6. The van der Waals surface area contributed by atoms with Crippen molar-refractivity contribution >= 4 is 27.5 Å². The number of hydrogen-bond acceptors (Lipinski definition) is 4. The molecule has 0 aliphatic heterocycles. The zero-order chi connectivity index (χ0) is 19.5. The van der Waals surface area contributed by atoms with Crippen molar-refractivity contribution in [3.8, 4) is 10.4 Å². The number of fused-ring (bicyclic) bond motifs is 1. The molecule has 1 amide bonds. The lowest BCUT2D eigenvalue weighted by Gasteiger charge is -2.14. The predicted octanol–water partition coefficient (Wildman–Crippen LogP) is 4.00. The molecule has 140 valence electrons. The normalized spacial score (nSPS) is 12.0. The molecule has 2 aromatic heterocycles. The van der Waals surface area contributed by atoms with E-state index in [1.54, 1.807) is 0 Å². The molecule has 2 aromatic carbocycles. The van der Waals surface area contributed by atoms with Crippen LogP contribution in [0.3, 0.4) is 0 Å². The van der Waals surface area contributed by atoms with Crippen molar-refractivity contribution in [2.24, 2.45) is 0 Å². The van der Waals surface area contributed by atoms with Gasteiger partial charge in [0.05, 0.1) is 17.8 Å². The molecule has 0 radical (unpaired) electrons. The van der Waals surface area contributed by atoms with Gasteiger partial charge in [0.2, 0.25) is 5.91 Å². The standard InChI is InChI=1S/C22H19N3O2S/c1-15(16-8-4-2-5-9-16)24-20(26)13-25-14-23-21-18(22(25)27)12-19(28-21)17-10-6-3-7-11-17/h2-12,14-15H,13H2,1H3,(H,24,26)/t15-/m1/s1. The number of rotatable bonds is 5. The second-order valence-electron chi connectivity index (χ2n) is 6.57. The third-order valence-electron chi connectivity index (χ3n) is 4.57. The summed E-state index contributed by atoms with van der Waals surface area (Å²) < 4.78 is 1.36. The van der Waals surface area contributed by atoms with Crippen LogP contribution in [0.15, 0.2) is 77.9 Å². The summed E-state index contributed by atoms with van der Waals surface area (Å²) in [6.07, 6.45) is 1.45. The summed E-state index contributed by atoms with van der Waals surface area (Å²) in [6.45, 7) is 1.86. The molecule has 0 fully saturated rings. The third kappa shape index (κ3) is 3.73. The lowest BCUT2D eigenvalue weighted by Crippen LogP contribution is -2.33. The Hall–Kier alpha value is -3.25. The third-order valence-corrected chi connectivity index (χ3v) is 5.66. The molecule has 28 heavy (non-hydrogen) atoms. The summed E-state index contributed by atoms with van der Waals surface area (Å²) in [5.41, 5.74) is 1.86. The lowest BCUT2D eigenvalue weighted by atomic mass is 10.1. The predicted molar refractivity (Wildman–Crippen MR) is 112 cm³/mol. The van der Waals surface area contributed by atoms with E-state index in [1.165, 1.54) is 22.2 Å². The Balaban J connectivity index is 1.55. The Kier molecular flexibility index (Phi) is 5.04. The number of aromatic nitrogens is 2. The minimum Gasteiger partial charge on any atom is -0.348 e. The fraction of sp³-hybridized carbons (Fsp3) is 0.136. The maximum absolute atomic E-state index is 12.8. The van der Waals surface area contributed by atoms with Gasteiger partial charge in [-0.3, -0.25) is 14.2 Å². The highest BCUT2D eigenvalue weighted by molar-refractivity contribution is 7.21. The van der Waals surface area contributed by atoms with Crippen LogP contribution in [-0.2, 0) is 11.3 Å². The van der Waals surface area contributed by atoms with Crippen molar-refractivity contribution in [1.29, 1.82) is 0 Å². The molecule has 6 heteroatoms. The van der Waals surface area contributed by atoms with Gasteiger partial charge in [0.1, 0.15) is 11.4 Å². The fourth-order valence-corrected chi connectivity index (χ4v) is 4.08. The van der Waals surface area contributed by atoms with E-state index in [-0.39, 0.29) is 24.1 Å². The molecule has 0 unspecified atom stereocenters. The molecule has 0 saturated heterocycles. The Bertz CT molecular complexity index is 1170. The number of carbonyl (C=O) groups is 1. The van der Waals surface area contributed by atoms with Crippen molar-refractivity contribution < 1.29 is 4.79 Å². The lowest BCUT2D eigenvalue weighted by molar-refractivity contribution is -0.122. The summed E-state index contributed by atoms with van der Waals surface area (Å²) in [6, 6.07) is 21.3. The molecule has 1 atom stereocenters. The maximum atomic E-state index is 12.8. The molecule has 0 aliphatic rings. The molecule has 4 rings (SSSR count). The van der Waals surface area contributed by atoms with Gasteiger partial charge in [0, 0.05) is 4.88 Å². The van der Waals surface area contributed by atoms with Gasteiger partial charge >= 0.3 is 0 Å². The molecule has 0 saturated carbocycles. The number of hydrogen-bond donors (Lipinski definition) is 1. The van der Waals surface area contributed by atoms with Crippen LogP contribution < -0.4 is 10.9 Å². The molecular weight excluding hydrogens is 370 g/mol. The van der Waals surface area contributed by atoms with Crippen LogP contribution >= 0.6 is 11.3 Å². The molecule has 1 N–H and O–H groups in total. The average Bonchev–Trinajstić information content (AvgIpc) is 3.17. The van der Waals surface area contributed by atoms with Gasteiger partial charge in [-0.1, -0.05) is 60.7 Å². The van der Waals surface area contributed by atoms with Crippen molar-refractivity contribution in [2.75, 3.05) is 0 Å². The zero-order valence-electron chi connectivity index (χ0n) is 15.3. The van der Waals surface area contributed by atoms with E-state index in [0.29, 0.717) is 10.2 Å². The summed E-state index contributed by atoms with van der Waals surface area (Å²) >= 11 is 1.48. The van der Waals surface area contributed by atoms with Gasteiger partial charge in [-0.25, -0.2) is 4.98 Å². The van der Waals surface area contributed by atoms with E-state index in [0.717, 1.165) is 16.0 Å². The molecule has 2 heterocycles. The monoisotopic (exact) mass is 389 g/mol. The fourth-order valence-electron chi connectivity index (χ4n) is 3.08. The average molecular weight is 389 g/mol. The van der Waals surface area contributed by atoms with Crippen LogP contribution in [0.5, 0.6) is 0 Å². The van der Waals surface area contributed by atoms with E-state index < -0.39 is 0 Å². The summed E-state index contributed by atoms with van der Waals surface area (Å²) in [5, 5.41) is 3.46. The quantitative estimate of drug-likeness (QED) is 0.561. The van der Waals surface area contributed by atoms with Gasteiger partial charge in [0.15, 0.2) is 0 Å². The first-order valence-corrected chi connectivity index (χ1v) is 9.82. The SMILES string of the molecule is C[C@@H](NC(=O)Cn1cnc2sc(-c3ccccc3)cc2c1=O)c1ccccc1. The highest BCUT2D eigenvalue weighted by atomic mass is 32.1. The van der Waals surface area contributed by atoms with Crippen molar-refractivity contribution in [3.05, 3.63) is 89.0 Å². The first kappa shape index (κ1) is 18.1. The van der Waals surface area contributed by atoms with Gasteiger partial charge in [-0.05, 0) is 24.1 Å². The van der Waals surface area contributed by atoms with Crippen LogP contribution in [0.2, 0.25) is 0 Å². The molecule has 0 bridgehead atoms. The minimum atomic E-state index is -0.224. The Morgan fingerprint density at radius 3 is 2.50 bits per heavy atom. The molecule has 5 nitrogen and oxygen atoms in total. The molecule has 4 aromatic rings. The van der Waals surface area contributed by atoms with Gasteiger partial charge in [0.25, 0.3) is 5.56 Å². The number of benzene rings is 2. The molecule has 0 aliphatic carbocycles. The summed E-state index contributed by atoms with van der Waals surface area (Å²) in [4.78, 5) is 31.3. The number of nitrogens with zero attached hydrogens (tertiary/aromatic N) is 2. The van der Waals surface area contributed by atoms with E-state index in [2.05, 4.69) is 10.3 Å². The first-order valence-electron chi connectivity index (χ1n) is 9.00. The molecule has 0 spiro atoms. The Labute approximate surface area is 166 Å². The van der Waals surface area contributed by atoms with Gasteiger partial charge in [-0.15, -0.1) is 11.3 Å². The van der Waals surface area contributed by atoms with Crippen LogP contribution in [0, 0.1) is 0 Å².